The normalized spacial score (nSPS) is 24.7. The summed E-state index contributed by atoms with van der Waals surface area (Å²) in [5.74, 6) is -0.112. The monoisotopic (exact) mass is 252 g/mol. The number of dihydropyridines is 1. The van der Waals surface area contributed by atoms with Crippen LogP contribution in [0.25, 0.3) is 0 Å². The van der Waals surface area contributed by atoms with Crippen LogP contribution in [-0.4, -0.2) is 53.8 Å². The van der Waals surface area contributed by atoms with Gasteiger partial charge in [0, 0.05) is 4.91 Å². The van der Waals surface area contributed by atoms with E-state index in [9.17, 15) is 9.59 Å². The molecule has 0 fully saturated rings. The topological polar surface area (TPSA) is 52.8 Å². The van der Waals surface area contributed by atoms with Gasteiger partial charge in [-0.25, -0.2) is 4.79 Å². The molecule has 2 aliphatic rings. The van der Waals surface area contributed by atoms with Gasteiger partial charge in [-0.3, -0.25) is 4.79 Å². The van der Waals surface area contributed by atoms with Crippen molar-refractivity contribution < 1.29 is 14.2 Å². The molecule has 2 rings (SSSR count). The quantitative estimate of drug-likeness (QED) is 0.653. The lowest BCUT2D eigenvalue weighted by Crippen LogP contribution is -2.52. The highest BCUT2D eigenvalue weighted by Gasteiger charge is 2.47. The molecule has 1 unspecified atom stereocenters. The Hall–Kier alpha value is -1.43. The van der Waals surface area contributed by atoms with Gasteiger partial charge in [0.1, 0.15) is 6.21 Å². The second-order valence-corrected chi connectivity index (χ2v) is 4.89. The van der Waals surface area contributed by atoms with Gasteiger partial charge < -0.3 is 0 Å². The number of allylic oxidation sites excluding steroid dienone is 1. The van der Waals surface area contributed by atoms with Crippen LogP contribution in [0.2, 0.25) is 0 Å². The smallest absolute Gasteiger partial charge is 0.255 e. The first kappa shape index (κ1) is 12.0. The maximum atomic E-state index is 12.2. The molecule has 17 heavy (non-hydrogen) atoms. The SMILES string of the molecule is CSC1=C(C)C=NC2=[N+](C)C(=O)N(C)C(=O)C12. The van der Waals surface area contributed by atoms with Crippen molar-refractivity contribution in [1.29, 1.82) is 0 Å². The van der Waals surface area contributed by atoms with E-state index in [-0.39, 0.29) is 11.9 Å². The van der Waals surface area contributed by atoms with Crippen molar-refractivity contribution in [1.82, 2.24) is 4.90 Å². The highest BCUT2D eigenvalue weighted by Crippen LogP contribution is 2.32. The van der Waals surface area contributed by atoms with E-state index in [1.807, 2.05) is 13.2 Å². The number of hydrogen-bond donors (Lipinski definition) is 0. The summed E-state index contributed by atoms with van der Waals surface area (Å²) in [6.07, 6.45) is 3.64. The summed E-state index contributed by atoms with van der Waals surface area (Å²) < 4.78 is 1.44. The Kier molecular flexibility index (Phi) is 2.91. The van der Waals surface area contributed by atoms with Crippen molar-refractivity contribution in [2.75, 3.05) is 20.4 Å². The number of fused-ring (bicyclic) bond motifs is 1. The number of thioether (sulfide) groups is 1. The van der Waals surface area contributed by atoms with Gasteiger partial charge in [-0.15, -0.1) is 16.8 Å². The van der Waals surface area contributed by atoms with Gasteiger partial charge in [0.2, 0.25) is 0 Å². The second-order valence-electron chi connectivity index (χ2n) is 4.04. The summed E-state index contributed by atoms with van der Waals surface area (Å²) >= 11 is 1.53. The fourth-order valence-corrected chi connectivity index (χ4v) is 2.86. The minimum absolute atomic E-state index is 0.205. The predicted octanol–water partition coefficient (Wildman–Crippen LogP) is 0.957. The summed E-state index contributed by atoms with van der Waals surface area (Å²) in [7, 11) is 3.15. The molecule has 0 aromatic heterocycles. The van der Waals surface area contributed by atoms with Crippen LogP contribution < -0.4 is 0 Å². The summed E-state index contributed by atoms with van der Waals surface area (Å²) in [6.45, 7) is 1.93. The minimum atomic E-state index is -0.428. The van der Waals surface area contributed by atoms with Crippen LogP contribution in [-0.2, 0) is 4.79 Å². The molecule has 0 N–H and O–H groups in total. The number of aliphatic imine (C=N–C) groups is 1. The zero-order chi connectivity index (χ0) is 12.7. The van der Waals surface area contributed by atoms with Crippen LogP contribution in [0.4, 0.5) is 4.79 Å². The Bertz CT molecular complexity index is 505. The molecule has 2 heterocycles. The van der Waals surface area contributed by atoms with Crippen LogP contribution in [0.1, 0.15) is 6.92 Å². The zero-order valence-electron chi connectivity index (χ0n) is 10.2. The molecule has 6 heteroatoms. The van der Waals surface area contributed by atoms with E-state index in [4.69, 9.17) is 0 Å². The van der Waals surface area contributed by atoms with Crippen molar-refractivity contribution in [3.8, 4) is 0 Å². The average Bonchev–Trinajstić information content (AvgIpc) is 2.33. The molecule has 2 aliphatic heterocycles. The van der Waals surface area contributed by atoms with Crippen molar-refractivity contribution >= 4 is 35.8 Å². The molecular weight excluding hydrogens is 238 g/mol. The number of rotatable bonds is 1. The summed E-state index contributed by atoms with van der Waals surface area (Å²) in [6, 6.07) is -0.335. The Balaban J connectivity index is 2.63. The van der Waals surface area contributed by atoms with E-state index >= 15 is 0 Å². The third-order valence-corrected chi connectivity index (χ3v) is 4.01. The van der Waals surface area contributed by atoms with Crippen molar-refractivity contribution in [3.63, 3.8) is 0 Å². The number of carbonyl (C=O) groups is 2. The molecule has 3 amide bonds. The first-order valence-corrected chi connectivity index (χ1v) is 6.42. The maximum Gasteiger partial charge on any atom is 0.445 e. The molecule has 0 radical (unpaired) electrons. The molecular formula is C11H14N3O2S+. The van der Waals surface area contributed by atoms with Crippen LogP contribution in [0.5, 0.6) is 0 Å². The summed E-state index contributed by atoms with van der Waals surface area (Å²) in [5.41, 5.74) is 0.982. The fraction of sp³-hybridized carbons (Fsp3) is 0.455. The maximum absolute atomic E-state index is 12.2. The number of amidine groups is 1. The lowest BCUT2D eigenvalue weighted by atomic mass is 9.99. The molecule has 1 atom stereocenters. The molecule has 0 saturated carbocycles. The lowest BCUT2D eigenvalue weighted by Gasteiger charge is -2.26. The second kappa shape index (κ2) is 4.10. The number of carbonyl (C=O) groups excluding carboxylic acids is 2. The predicted molar refractivity (Wildman–Crippen MR) is 67.6 cm³/mol. The summed E-state index contributed by atoms with van der Waals surface area (Å²) in [5, 5.41) is 0. The zero-order valence-corrected chi connectivity index (χ0v) is 11.0. The molecule has 0 aromatic carbocycles. The van der Waals surface area contributed by atoms with E-state index in [2.05, 4.69) is 4.99 Å². The van der Waals surface area contributed by atoms with Gasteiger partial charge in [0.05, 0.1) is 14.1 Å². The molecule has 0 aliphatic carbocycles. The van der Waals surface area contributed by atoms with Crippen LogP contribution in [0, 0.1) is 5.92 Å². The highest BCUT2D eigenvalue weighted by atomic mass is 32.2. The Morgan fingerprint density at radius 3 is 2.71 bits per heavy atom. The third kappa shape index (κ3) is 1.63. The van der Waals surface area contributed by atoms with Crippen LogP contribution in [0.15, 0.2) is 15.5 Å². The molecule has 0 bridgehead atoms. The highest BCUT2D eigenvalue weighted by molar-refractivity contribution is 8.02. The lowest BCUT2D eigenvalue weighted by molar-refractivity contribution is -0.407. The number of urea groups is 1. The molecule has 5 nitrogen and oxygen atoms in total. The first-order chi connectivity index (χ1) is 7.99. The molecule has 90 valence electrons. The van der Waals surface area contributed by atoms with E-state index < -0.39 is 5.92 Å². The van der Waals surface area contributed by atoms with E-state index in [0.29, 0.717) is 5.84 Å². The van der Waals surface area contributed by atoms with Crippen molar-refractivity contribution in [3.05, 3.63) is 10.5 Å². The number of amides is 3. The van der Waals surface area contributed by atoms with Crippen molar-refractivity contribution in [2.24, 2.45) is 10.9 Å². The van der Waals surface area contributed by atoms with Crippen LogP contribution in [0.3, 0.4) is 0 Å². The van der Waals surface area contributed by atoms with Gasteiger partial charge in [-0.1, -0.05) is 0 Å². The van der Waals surface area contributed by atoms with Crippen LogP contribution >= 0.6 is 11.8 Å². The van der Waals surface area contributed by atoms with Gasteiger partial charge in [0.25, 0.3) is 5.84 Å². The van der Waals surface area contributed by atoms with Crippen molar-refractivity contribution in [2.45, 2.75) is 6.92 Å². The molecule has 0 aromatic rings. The van der Waals surface area contributed by atoms with E-state index in [0.717, 1.165) is 15.4 Å². The number of hydrogen-bond acceptors (Lipinski definition) is 4. The fourth-order valence-electron chi connectivity index (χ4n) is 2.04. The van der Waals surface area contributed by atoms with Gasteiger partial charge in [-0.05, 0) is 18.8 Å². The standard InChI is InChI=1S/C11H14N3O2S/c1-6-5-12-9-7(8(6)17-4)10(15)14(3)11(16)13(9)2/h5,7H,1-4H3/q+1. The third-order valence-electron chi connectivity index (χ3n) is 3.01. The van der Waals surface area contributed by atoms with Gasteiger partial charge >= 0.3 is 11.9 Å². The summed E-state index contributed by atoms with van der Waals surface area (Å²) in [4.78, 5) is 30.3. The Morgan fingerprint density at radius 2 is 2.12 bits per heavy atom. The number of nitrogens with zero attached hydrogens (tertiary/aromatic N) is 3. The van der Waals surface area contributed by atoms with E-state index in [1.165, 1.54) is 23.4 Å². The largest absolute Gasteiger partial charge is 0.445 e. The average molecular weight is 252 g/mol. The first-order valence-electron chi connectivity index (χ1n) is 5.20. The molecule has 0 saturated heterocycles. The van der Waals surface area contributed by atoms with E-state index in [1.54, 1.807) is 13.3 Å². The number of imide groups is 1. The molecule has 0 spiro atoms. The van der Waals surface area contributed by atoms with Gasteiger partial charge in [-0.2, -0.15) is 9.48 Å². The minimum Gasteiger partial charge on any atom is -0.255 e. The Morgan fingerprint density at radius 1 is 1.47 bits per heavy atom. The van der Waals surface area contributed by atoms with Gasteiger partial charge in [0.15, 0.2) is 5.92 Å². The Labute approximate surface area is 104 Å².